The first-order valence-corrected chi connectivity index (χ1v) is 5.72. The summed E-state index contributed by atoms with van der Waals surface area (Å²) in [5.41, 5.74) is 0. The molecule has 15 heavy (non-hydrogen) atoms. The third-order valence-corrected chi connectivity index (χ3v) is 2.76. The Labute approximate surface area is 91.5 Å². The first kappa shape index (κ1) is 12.2. The lowest BCUT2D eigenvalue weighted by Crippen LogP contribution is -2.30. The molecule has 1 aromatic heterocycles. The molecular formula is C11H21N3O. The van der Waals surface area contributed by atoms with E-state index in [-0.39, 0.29) is 5.92 Å². The van der Waals surface area contributed by atoms with Crippen molar-refractivity contribution in [2.24, 2.45) is 0 Å². The smallest absolute Gasteiger partial charge is 0.231 e. The first-order valence-electron chi connectivity index (χ1n) is 5.72. The molecule has 0 bridgehead atoms. The van der Waals surface area contributed by atoms with Gasteiger partial charge in [-0.15, -0.1) is 0 Å². The van der Waals surface area contributed by atoms with Gasteiger partial charge < -0.3 is 9.84 Å². The molecule has 0 fully saturated rings. The molecule has 86 valence electrons. The summed E-state index contributed by atoms with van der Waals surface area (Å²) in [7, 11) is 1.97. The summed E-state index contributed by atoms with van der Waals surface area (Å²) in [5, 5.41) is 7.23. The van der Waals surface area contributed by atoms with Crippen molar-refractivity contribution < 1.29 is 4.52 Å². The second-order valence-electron chi connectivity index (χ2n) is 3.89. The van der Waals surface area contributed by atoms with Crippen LogP contribution in [0.4, 0.5) is 0 Å². The standard InChI is InChI=1S/C11H21N3O/c1-5-7-10-13-11(15-14-10)8(3)9(6-2)12-4/h8-9,12H,5-7H2,1-4H3. The predicted octanol–water partition coefficient (Wildman–Crippen LogP) is 2.12. The highest BCUT2D eigenvalue weighted by atomic mass is 16.5. The van der Waals surface area contributed by atoms with Gasteiger partial charge in [0.05, 0.1) is 5.92 Å². The zero-order chi connectivity index (χ0) is 11.3. The van der Waals surface area contributed by atoms with Gasteiger partial charge in [-0.05, 0) is 19.9 Å². The Hall–Kier alpha value is -0.900. The summed E-state index contributed by atoms with van der Waals surface area (Å²) >= 11 is 0. The van der Waals surface area contributed by atoms with Gasteiger partial charge in [0.2, 0.25) is 5.89 Å². The Balaban J connectivity index is 2.68. The van der Waals surface area contributed by atoms with Gasteiger partial charge in [0.1, 0.15) is 0 Å². The van der Waals surface area contributed by atoms with Gasteiger partial charge in [0.25, 0.3) is 0 Å². The number of hydrogen-bond acceptors (Lipinski definition) is 4. The van der Waals surface area contributed by atoms with E-state index in [2.05, 4.69) is 36.2 Å². The second kappa shape index (κ2) is 5.85. The maximum atomic E-state index is 5.26. The molecule has 0 saturated heterocycles. The number of aromatic nitrogens is 2. The van der Waals surface area contributed by atoms with E-state index in [9.17, 15) is 0 Å². The molecule has 2 atom stereocenters. The maximum Gasteiger partial charge on any atom is 0.231 e. The lowest BCUT2D eigenvalue weighted by Gasteiger charge is -2.18. The average molecular weight is 211 g/mol. The van der Waals surface area contributed by atoms with Crippen LogP contribution >= 0.6 is 0 Å². The van der Waals surface area contributed by atoms with Crippen molar-refractivity contribution >= 4 is 0 Å². The Morgan fingerprint density at radius 3 is 2.67 bits per heavy atom. The summed E-state index contributed by atoms with van der Waals surface area (Å²) in [6, 6.07) is 0.403. The minimum absolute atomic E-state index is 0.276. The molecule has 0 aliphatic carbocycles. The number of hydrogen-bond donors (Lipinski definition) is 1. The van der Waals surface area contributed by atoms with Crippen LogP contribution < -0.4 is 5.32 Å². The molecule has 0 radical (unpaired) electrons. The van der Waals surface area contributed by atoms with Gasteiger partial charge >= 0.3 is 0 Å². The van der Waals surface area contributed by atoms with E-state index in [0.29, 0.717) is 6.04 Å². The minimum Gasteiger partial charge on any atom is -0.339 e. The number of nitrogens with one attached hydrogen (secondary N) is 1. The van der Waals surface area contributed by atoms with Gasteiger partial charge in [0, 0.05) is 12.5 Å². The van der Waals surface area contributed by atoms with Crippen molar-refractivity contribution in [2.75, 3.05) is 7.05 Å². The molecule has 1 N–H and O–H groups in total. The number of nitrogens with zero attached hydrogens (tertiary/aromatic N) is 2. The number of likely N-dealkylation sites (N-methyl/N-ethyl adjacent to an activating group) is 1. The van der Waals surface area contributed by atoms with Gasteiger partial charge in [0.15, 0.2) is 5.82 Å². The van der Waals surface area contributed by atoms with Gasteiger partial charge in [-0.1, -0.05) is 25.9 Å². The highest BCUT2D eigenvalue weighted by molar-refractivity contribution is 4.97. The second-order valence-corrected chi connectivity index (χ2v) is 3.89. The largest absolute Gasteiger partial charge is 0.339 e. The molecule has 4 nitrogen and oxygen atoms in total. The summed E-state index contributed by atoms with van der Waals surface area (Å²) < 4.78 is 5.26. The van der Waals surface area contributed by atoms with Crippen molar-refractivity contribution in [2.45, 2.75) is 52.0 Å². The highest BCUT2D eigenvalue weighted by Crippen LogP contribution is 2.19. The molecular weight excluding hydrogens is 190 g/mol. The van der Waals surface area contributed by atoms with E-state index in [4.69, 9.17) is 4.52 Å². The molecule has 0 aliphatic rings. The van der Waals surface area contributed by atoms with Crippen LogP contribution in [0.25, 0.3) is 0 Å². The zero-order valence-corrected chi connectivity index (χ0v) is 10.1. The maximum absolute atomic E-state index is 5.26. The molecule has 0 aromatic carbocycles. The zero-order valence-electron chi connectivity index (χ0n) is 10.1. The summed E-state index contributed by atoms with van der Waals surface area (Å²) in [6.07, 6.45) is 3.01. The van der Waals surface area contributed by atoms with E-state index >= 15 is 0 Å². The quantitative estimate of drug-likeness (QED) is 0.783. The summed E-state index contributed by atoms with van der Waals surface area (Å²) in [4.78, 5) is 4.40. The SMILES string of the molecule is CCCc1noc(C(C)C(CC)NC)n1. The number of aryl methyl sites for hydroxylation is 1. The van der Waals surface area contributed by atoms with Gasteiger partial charge in [-0.25, -0.2) is 0 Å². The monoisotopic (exact) mass is 211 g/mol. The van der Waals surface area contributed by atoms with Crippen LogP contribution in [0.1, 0.15) is 51.2 Å². The lowest BCUT2D eigenvalue weighted by atomic mass is 10.00. The Bertz CT molecular complexity index is 281. The van der Waals surface area contributed by atoms with E-state index in [1.54, 1.807) is 0 Å². The van der Waals surface area contributed by atoms with E-state index < -0.39 is 0 Å². The molecule has 1 rings (SSSR count). The Kier molecular flexibility index (Phi) is 4.75. The molecule has 0 aliphatic heterocycles. The molecule has 0 spiro atoms. The fourth-order valence-electron chi connectivity index (χ4n) is 1.76. The van der Waals surface area contributed by atoms with Crippen LogP contribution in [-0.4, -0.2) is 23.2 Å². The van der Waals surface area contributed by atoms with E-state index in [0.717, 1.165) is 31.0 Å². The fraction of sp³-hybridized carbons (Fsp3) is 0.818. The van der Waals surface area contributed by atoms with Crippen LogP contribution in [-0.2, 0) is 6.42 Å². The van der Waals surface area contributed by atoms with Crippen LogP contribution in [0.3, 0.4) is 0 Å². The fourth-order valence-corrected chi connectivity index (χ4v) is 1.76. The minimum atomic E-state index is 0.276. The topological polar surface area (TPSA) is 51.0 Å². The molecule has 1 heterocycles. The van der Waals surface area contributed by atoms with E-state index in [1.165, 1.54) is 0 Å². The lowest BCUT2D eigenvalue weighted by molar-refractivity contribution is 0.323. The molecule has 2 unspecified atom stereocenters. The Morgan fingerprint density at radius 1 is 1.40 bits per heavy atom. The predicted molar refractivity (Wildman–Crippen MR) is 59.8 cm³/mol. The molecule has 4 heteroatoms. The molecule has 0 saturated carbocycles. The van der Waals surface area contributed by atoms with Crippen LogP contribution in [0, 0.1) is 0 Å². The van der Waals surface area contributed by atoms with Crippen LogP contribution in [0.15, 0.2) is 4.52 Å². The summed E-state index contributed by atoms with van der Waals surface area (Å²) in [5.74, 6) is 1.85. The molecule has 1 aromatic rings. The van der Waals surface area contributed by atoms with Crippen LogP contribution in [0.5, 0.6) is 0 Å². The number of rotatable bonds is 6. The van der Waals surface area contributed by atoms with Crippen molar-refractivity contribution in [3.63, 3.8) is 0 Å². The Morgan fingerprint density at radius 2 is 2.13 bits per heavy atom. The van der Waals surface area contributed by atoms with Gasteiger partial charge in [-0.3, -0.25) is 0 Å². The van der Waals surface area contributed by atoms with Crippen molar-refractivity contribution in [1.82, 2.24) is 15.5 Å². The normalized spacial score (nSPS) is 15.2. The first-order chi connectivity index (χ1) is 7.22. The van der Waals surface area contributed by atoms with Gasteiger partial charge in [-0.2, -0.15) is 4.98 Å². The van der Waals surface area contributed by atoms with E-state index in [1.807, 2.05) is 7.05 Å². The van der Waals surface area contributed by atoms with Crippen molar-refractivity contribution in [3.05, 3.63) is 11.7 Å². The third-order valence-electron chi connectivity index (χ3n) is 2.76. The summed E-state index contributed by atoms with van der Waals surface area (Å²) in [6.45, 7) is 6.39. The van der Waals surface area contributed by atoms with Crippen molar-refractivity contribution in [1.29, 1.82) is 0 Å². The molecule has 0 amide bonds. The average Bonchev–Trinajstić information content (AvgIpc) is 2.68. The highest BCUT2D eigenvalue weighted by Gasteiger charge is 2.21. The van der Waals surface area contributed by atoms with Crippen molar-refractivity contribution in [3.8, 4) is 0 Å². The third kappa shape index (κ3) is 3.02. The van der Waals surface area contributed by atoms with Crippen LogP contribution in [0.2, 0.25) is 0 Å².